The van der Waals surface area contributed by atoms with Crippen molar-refractivity contribution in [3.8, 4) is 46.5 Å². The summed E-state index contributed by atoms with van der Waals surface area (Å²) in [5.41, 5.74) is 3.05. The normalized spacial score (nSPS) is 12.4. The van der Waals surface area contributed by atoms with Crippen molar-refractivity contribution < 1.29 is 14.2 Å². The van der Waals surface area contributed by atoms with Crippen LogP contribution < -0.4 is 14.2 Å². The fraction of sp³-hybridized carbons (Fsp3) is 0.118. The van der Waals surface area contributed by atoms with Crippen molar-refractivity contribution in [1.29, 1.82) is 5.26 Å². The number of nitriles is 1. The maximum Gasteiger partial charge on any atom is 0.226 e. The topological polar surface area (TPSA) is 92.9 Å². The van der Waals surface area contributed by atoms with E-state index in [4.69, 9.17) is 25.8 Å². The Labute approximate surface area is 254 Å². The summed E-state index contributed by atoms with van der Waals surface area (Å²) in [6.45, 7) is 1.96. The summed E-state index contributed by atoms with van der Waals surface area (Å²) in [6.07, 6.45) is 0. The lowest BCUT2D eigenvalue weighted by Crippen LogP contribution is -2.23. The Morgan fingerprint density at radius 1 is 0.814 bits per heavy atom. The van der Waals surface area contributed by atoms with E-state index in [1.165, 1.54) is 0 Å². The van der Waals surface area contributed by atoms with E-state index in [-0.39, 0.29) is 11.8 Å². The van der Waals surface area contributed by atoms with Gasteiger partial charge in [0.25, 0.3) is 0 Å². The maximum absolute atomic E-state index is 9.56. The molecule has 0 radical (unpaired) electrons. The molecule has 212 valence electrons. The highest BCUT2D eigenvalue weighted by Gasteiger charge is 2.17. The standard InChI is InChI=1S/C34H26ClN5O3/c1-40-16-15-37-34(40)26-10-6-12-28(19-26)42-31-20-32(39-33(38-31)25-9-5-11-27(35)18-25)43-30-17-24(21-36)13-14-29(30)41-22-23-7-3-2-4-8-23/h2-14,17-20H,15-16,22H2,1H3. The van der Waals surface area contributed by atoms with Crippen molar-refractivity contribution in [2.24, 2.45) is 4.99 Å². The van der Waals surface area contributed by atoms with Crippen LogP contribution in [0.25, 0.3) is 11.4 Å². The number of aromatic nitrogens is 2. The number of aliphatic imine (C=N–C) groups is 1. The lowest BCUT2D eigenvalue weighted by molar-refractivity contribution is 0.290. The van der Waals surface area contributed by atoms with Gasteiger partial charge in [0.1, 0.15) is 18.2 Å². The number of benzene rings is 4. The minimum absolute atomic E-state index is 0.204. The zero-order chi connectivity index (χ0) is 29.6. The van der Waals surface area contributed by atoms with Gasteiger partial charge in [-0.2, -0.15) is 15.2 Å². The van der Waals surface area contributed by atoms with Gasteiger partial charge >= 0.3 is 0 Å². The molecule has 1 aliphatic rings. The van der Waals surface area contributed by atoms with Gasteiger partial charge in [-0.15, -0.1) is 0 Å². The molecule has 1 aliphatic heterocycles. The Hall–Kier alpha value is -5.39. The van der Waals surface area contributed by atoms with E-state index < -0.39 is 0 Å². The van der Waals surface area contributed by atoms with E-state index >= 15 is 0 Å². The quantitative estimate of drug-likeness (QED) is 0.176. The first-order valence-corrected chi connectivity index (χ1v) is 14.0. The molecule has 0 saturated carbocycles. The van der Waals surface area contributed by atoms with Crippen molar-refractivity contribution in [3.05, 3.63) is 125 Å². The summed E-state index contributed by atoms with van der Waals surface area (Å²) in [5, 5.41) is 10.1. The summed E-state index contributed by atoms with van der Waals surface area (Å²) >= 11 is 6.28. The maximum atomic E-state index is 9.56. The van der Waals surface area contributed by atoms with Crippen molar-refractivity contribution >= 4 is 17.4 Å². The molecule has 0 N–H and O–H groups in total. The van der Waals surface area contributed by atoms with Gasteiger partial charge < -0.3 is 19.1 Å². The highest BCUT2D eigenvalue weighted by atomic mass is 35.5. The van der Waals surface area contributed by atoms with Crippen LogP contribution >= 0.6 is 11.6 Å². The molecule has 1 aromatic heterocycles. The number of rotatable bonds is 9. The zero-order valence-corrected chi connectivity index (χ0v) is 24.0. The number of hydrogen-bond donors (Lipinski definition) is 0. The van der Waals surface area contributed by atoms with Gasteiger partial charge in [0, 0.05) is 35.8 Å². The van der Waals surface area contributed by atoms with E-state index in [0.29, 0.717) is 45.8 Å². The van der Waals surface area contributed by atoms with E-state index in [9.17, 15) is 5.26 Å². The molecular weight excluding hydrogens is 562 g/mol. The fourth-order valence-corrected chi connectivity index (χ4v) is 4.74. The number of nitrogens with zero attached hydrogens (tertiary/aromatic N) is 5. The molecule has 43 heavy (non-hydrogen) atoms. The van der Waals surface area contributed by atoms with E-state index in [1.807, 2.05) is 73.8 Å². The third-order valence-electron chi connectivity index (χ3n) is 6.66. The summed E-state index contributed by atoms with van der Waals surface area (Å²) in [4.78, 5) is 16.0. The molecular formula is C34H26ClN5O3. The molecule has 8 nitrogen and oxygen atoms in total. The van der Waals surface area contributed by atoms with Gasteiger partial charge in [-0.05, 0) is 42.0 Å². The highest BCUT2D eigenvalue weighted by Crippen LogP contribution is 2.35. The Bertz CT molecular complexity index is 1840. The SMILES string of the molecule is CN1CCN=C1c1cccc(Oc2cc(Oc3cc(C#N)ccc3OCc3ccccc3)nc(-c3cccc(Cl)c3)n2)c1. The monoisotopic (exact) mass is 587 g/mol. The van der Waals surface area contributed by atoms with Gasteiger partial charge in [0.15, 0.2) is 17.3 Å². The summed E-state index contributed by atoms with van der Waals surface area (Å²) in [7, 11) is 2.02. The largest absolute Gasteiger partial charge is 0.485 e. The van der Waals surface area contributed by atoms with Gasteiger partial charge in [0.05, 0.1) is 24.2 Å². The van der Waals surface area contributed by atoms with Crippen LogP contribution in [0.3, 0.4) is 0 Å². The molecule has 0 bridgehead atoms. The smallest absolute Gasteiger partial charge is 0.226 e. The van der Waals surface area contributed by atoms with Gasteiger partial charge in [-0.1, -0.05) is 66.2 Å². The highest BCUT2D eigenvalue weighted by molar-refractivity contribution is 6.30. The second-order valence-electron chi connectivity index (χ2n) is 9.78. The molecule has 4 aromatic carbocycles. The van der Waals surface area contributed by atoms with Gasteiger partial charge in [-0.25, -0.2) is 0 Å². The first-order chi connectivity index (χ1) is 21.0. The minimum atomic E-state index is 0.204. The Kier molecular flexibility index (Phi) is 8.16. The van der Waals surface area contributed by atoms with Crippen LogP contribution in [-0.2, 0) is 6.61 Å². The summed E-state index contributed by atoms with van der Waals surface area (Å²) in [5.74, 6) is 3.12. The van der Waals surface area contributed by atoms with Crippen LogP contribution in [0.5, 0.6) is 29.0 Å². The number of halogens is 1. The molecule has 6 rings (SSSR count). The third-order valence-corrected chi connectivity index (χ3v) is 6.89. The number of likely N-dealkylation sites (N-methyl/N-ethyl adjacent to an activating group) is 1. The van der Waals surface area contributed by atoms with Gasteiger partial charge in [0.2, 0.25) is 11.8 Å². The molecule has 5 aromatic rings. The lowest BCUT2D eigenvalue weighted by Gasteiger charge is -2.15. The molecule has 0 unspecified atom stereocenters. The molecule has 2 heterocycles. The van der Waals surface area contributed by atoms with E-state index in [1.54, 1.807) is 36.4 Å². The molecule has 0 fully saturated rings. The second-order valence-corrected chi connectivity index (χ2v) is 10.2. The second kappa shape index (κ2) is 12.6. The van der Waals surface area contributed by atoms with Gasteiger partial charge in [-0.3, -0.25) is 4.99 Å². The van der Waals surface area contributed by atoms with Crippen molar-refractivity contribution in [1.82, 2.24) is 14.9 Å². The number of ether oxygens (including phenoxy) is 3. The lowest BCUT2D eigenvalue weighted by atomic mass is 10.2. The number of hydrogen-bond acceptors (Lipinski definition) is 8. The zero-order valence-electron chi connectivity index (χ0n) is 23.3. The summed E-state index contributed by atoms with van der Waals surface area (Å²) < 4.78 is 18.6. The predicted octanol–water partition coefficient (Wildman–Crippen LogP) is 7.52. The Balaban J connectivity index is 1.35. The summed E-state index contributed by atoms with van der Waals surface area (Å²) in [6, 6.07) is 33.5. The van der Waals surface area contributed by atoms with E-state index in [0.717, 1.165) is 30.1 Å². The van der Waals surface area contributed by atoms with Crippen LogP contribution in [0.15, 0.2) is 108 Å². The molecule has 0 saturated heterocycles. The molecule has 9 heteroatoms. The third kappa shape index (κ3) is 6.75. The Morgan fingerprint density at radius 2 is 1.60 bits per heavy atom. The molecule has 0 amide bonds. The molecule has 0 aliphatic carbocycles. The Morgan fingerprint density at radius 3 is 2.37 bits per heavy atom. The van der Waals surface area contributed by atoms with Crippen LogP contribution in [0.4, 0.5) is 0 Å². The van der Waals surface area contributed by atoms with Crippen molar-refractivity contribution in [2.45, 2.75) is 6.61 Å². The minimum Gasteiger partial charge on any atom is -0.485 e. The average Bonchev–Trinajstić information content (AvgIpc) is 3.46. The first-order valence-electron chi connectivity index (χ1n) is 13.6. The average molecular weight is 588 g/mol. The van der Waals surface area contributed by atoms with Crippen molar-refractivity contribution in [2.75, 3.05) is 20.1 Å². The van der Waals surface area contributed by atoms with Crippen LogP contribution in [-0.4, -0.2) is 40.8 Å². The van der Waals surface area contributed by atoms with Crippen molar-refractivity contribution in [3.63, 3.8) is 0 Å². The predicted molar refractivity (Wildman–Crippen MR) is 165 cm³/mol. The fourth-order valence-electron chi connectivity index (χ4n) is 4.55. The number of amidine groups is 1. The van der Waals surface area contributed by atoms with Crippen LogP contribution in [0.1, 0.15) is 16.7 Å². The first kappa shape index (κ1) is 27.8. The van der Waals surface area contributed by atoms with E-state index in [2.05, 4.69) is 25.9 Å². The molecule has 0 spiro atoms. The molecule has 0 atom stereocenters. The van der Waals surface area contributed by atoms with Crippen LogP contribution in [0.2, 0.25) is 5.02 Å². The van der Waals surface area contributed by atoms with Crippen LogP contribution in [0, 0.1) is 11.3 Å².